The third kappa shape index (κ3) is 3.02. The van der Waals surface area contributed by atoms with E-state index < -0.39 is 0 Å². The largest absolute Gasteiger partial charge is 0.347 e. The van der Waals surface area contributed by atoms with Gasteiger partial charge in [0.15, 0.2) is 0 Å². The Bertz CT molecular complexity index is 906. The number of carbonyl (C=O) groups is 1. The lowest BCUT2D eigenvalue weighted by molar-refractivity contribution is 0.0711. The summed E-state index contributed by atoms with van der Waals surface area (Å²) in [5.41, 5.74) is 1.34. The maximum Gasteiger partial charge on any atom is 0.347 e. The maximum absolute atomic E-state index is 12.5. The highest BCUT2D eigenvalue weighted by Gasteiger charge is 2.28. The summed E-state index contributed by atoms with van der Waals surface area (Å²) in [4.78, 5) is 26.5. The van der Waals surface area contributed by atoms with Crippen molar-refractivity contribution in [2.45, 2.75) is 18.8 Å². The molecule has 1 fully saturated rings. The Kier molecular flexibility index (Phi) is 4.23. The molecule has 3 heterocycles. The molecule has 0 spiro atoms. The lowest BCUT2D eigenvalue weighted by Gasteiger charge is -2.31. The van der Waals surface area contributed by atoms with E-state index in [1.165, 1.54) is 11.3 Å². The van der Waals surface area contributed by atoms with Gasteiger partial charge in [0.05, 0.1) is 11.3 Å². The van der Waals surface area contributed by atoms with E-state index >= 15 is 0 Å². The van der Waals surface area contributed by atoms with Gasteiger partial charge >= 0.3 is 5.69 Å². The Balaban J connectivity index is 1.52. The standard InChI is InChI=1S/C18H18N4O2S/c23-17(14-8-11-25-12-14)21-9-6-13(7-10-21)16-19-20-18(24)22(16)15-4-2-1-3-5-15/h1-5,8,11-13H,6-7,9-10H2,(H,20,24). The Morgan fingerprint density at radius 3 is 2.60 bits per heavy atom. The number of aromatic nitrogens is 3. The molecule has 1 amide bonds. The quantitative estimate of drug-likeness (QED) is 0.786. The van der Waals surface area contributed by atoms with Crippen molar-refractivity contribution in [3.05, 3.63) is 69.0 Å². The zero-order chi connectivity index (χ0) is 17.2. The van der Waals surface area contributed by atoms with Gasteiger partial charge in [-0.1, -0.05) is 18.2 Å². The highest BCUT2D eigenvalue weighted by Crippen LogP contribution is 2.28. The minimum absolute atomic E-state index is 0.0853. The molecular formula is C18H18N4O2S. The number of nitrogens with one attached hydrogen (secondary N) is 1. The van der Waals surface area contributed by atoms with Gasteiger partial charge in [-0.05, 0) is 36.4 Å². The second kappa shape index (κ2) is 6.68. The molecule has 0 bridgehead atoms. The van der Waals surface area contributed by atoms with Gasteiger partial charge in [-0.2, -0.15) is 16.4 Å². The number of piperidine rings is 1. The number of para-hydroxylation sites is 1. The number of H-pyrrole nitrogens is 1. The number of hydrogen-bond acceptors (Lipinski definition) is 4. The Labute approximate surface area is 148 Å². The third-order valence-electron chi connectivity index (χ3n) is 4.63. The fourth-order valence-corrected chi connectivity index (χ4v) is 3.95. The first-order valence-corrected chi connectivity index (χ1v) is 9.22. The fourth-order valence-electron chi connectivity index (χ4n) is 3.32. The molecule has 1 aliphatic rings. The van der Waals surface area contributed by atoms with Crippen molar-refractivity contribution in [1.82, 2.24) is 19.7 Å². The number of carbonyl (C=O) groups excluding carboxylic acids is 1. The number of thiophene rings is 1. The molecule has 2 aromatic heterocycles. The van der Waals surface area contributed by atoms with Crippen molar-refractivity contribution >= 4 is 17.2 Å². The molecule has 3 aromatic rings. The van der Waals surface area contributed by atoms with E-state index in [1.54, 1.807) is 4.57 Å². The van der Waals surface area contributed by atoms with Gasteiger partial charge in [0.25, 0.3) is 5.91 Å². The topological polar surface area (TPSA) is 71.0 Å². The van der Waals surface area contributed by atoms with Crippen molar-refractivity contribution in [3.63, 3.8) is 0 Å². The van der Waals surface area contributed by atoms with Gasteiger partial charge in [0.1, 0.15) is 5.82 Å². The first-order valence-electron chi connectivity index (χ1n) is 8.28. The maximum atomic E-state index is 12.5. The van der Waals surface area contributed by atoms with Crippen molar-refractivity contribution in [3.8, 4) is 5.69 Å². The van der Waals surface area contributed by atoms with Crippen molar-refractivity contribution < 1.29 is 4.79 Å². The van der Waals surface area contributed by atoms with Gasteiger partial charge in [-0.15, -0.1) is 0 Å². The van der Waals surface area contributed by atoms with Crippen LogP contribution >= 0.6 is 11.3 Å². The number of benzene rings is 1. The summed E-state index contributed by atoms with van der Waals surface area (Å²) >= 11 is 1.53. The predicted octanol–water partition coefficient (Wildman–Crippen LogP) is 2.64. The van der Waals surface area contributed by atoms with Gasteiger partial charge < -0.3 is 4.90 Å². The Hall–Kier alpha value is -2.67. The molecule has 1 N–H and O–H groups in total. The molecule has 1 aromatic carbocycles. The summed E-state index contributed by atoms with van der Waals surface area (Å²) in [5.74, 6) is 0.992. The van der Waals surface area contributed by atoms with Crippen LogP contribution in [0.4, 0.5) is 0 Å². The molecule has 0 unspecified atom stereocenters. The lowest BCUT2D eigenvalue weighted by Crippen LogP contribution is -2.38. The van der Waals surface area contributed by atoms with Crippen LogP contribution in [0.2, 0.25) is 0 Å². The van der Waals surface area contributed by atoms with Crippen LogP contribution in [0.15, 0.2) is 52.0 Å². The summed E-state index contributed by atoms with van der Waals surface area (Å²) in [5, 5.41) is 10.6. The van der Waals surface area contributed by atoms with Crippen molar-refractivity contribution in [2.24, 2.45) is 0 Å². The molecule has 128 valence electrons. The van der Waals surface area contributed by atoms with Crippen molar-refractivity contribution in [2.75, 3.05) is 13.1 Å². The SMILES string of the molecule is O=C(c1ccsc1)N1CCC(c2n[nH]c(=O)n2-c2ccccc2)CC1. The minimum atomic E-state index is -0.224. The zero-order valence-electron chi connectivity index (χ0n) is 13.6. The number of likely N-dealkylation sites (tertiary alicyclic amines) is 1. The second-order valence-electron chi connectivity index (χ2n) is 6.14. The summed E-state index contributed by atoms with van der Waals surface area (Å²) in [6.45, 7) is 1.35. The van der Waals surface area contributed by atoms with E-state index in [-0.39, 0.29) is 17.5 Å². The summed E-state index contributed by atoms with van der Waals surface area (Å²) < 4.78 is 1.64. The molecule has 0 aliphatic carbocycles. The molecule has 0 atom stereocenters. The molecule has 7 heteroatoms. The normalized spacial score (nSPS) is 15.4. The van der Waals surface area contributed by atoms with E-state index in [0.29, 0.717) is 13.1 Å². The monoisotopic (exact) mass is 354 g/mol. The number of aromatic amines is 1. The van der Waals surface area contributed by atoms with Crippen LogP contribution in [-0.2, 0) is 0 Å². The average Bonchev–Trinajstić information content (AvgIpc) is 3.32. The van der Waals surface area contributed by atoms with Crippen molar-refractivity contribution in [1.29, 1.82) is 0 Å². The molecule has 6 nitrogen and oxygen atoms in total. The van der Waals surface area contributed by atoms with E-state index in [2.05, 4.69) is 10.2 Å². The number of hydrogen-bond donors (Lipinski definition) is 1. The number of amides is 1. The number of rotatable bonds is 3. The van der Waals surface area contributed by atoms with Gasteiger partial charge in [0.2, 0.25) is 0 Å². The molecule has 1 aliphatic heterocycles. The molecule has 4 rings (SSSR count). The van der Waals surface area contributed by atoms with Gasteiger partial charge in [-0.3, -0.25) is 4.79 Å². The predicted molar refractivity (Wildman–Crippen MR) is 96.4 cm³/mol. The second-order valence-corrected chi connectivity index (χ2v) is 6.92. The van der Waals surface area contributed by atoms with Crippen LogP contribution < -0.4 is 5.69 Å². The van der Waals surface area contributed by atoms with Gasteiger partial charge in [0, 0.05) is 24.4 Å². The Morgan fingerprint density at radius 1 is 1.16 bits per heavy atom. The average molecular weight is 354 g/mol. The first kappa shape index (κ1) is 15.8. The van der Waals surface area contributed by atoms with Crippen LogP contribution in [0.3, 0.4) is 0 Å². The van der Waals surface area contributed by atoms with E-state index in [4.69, 9.17) is 0 Å². The van der Waals surface area contributed by atoms with Gasteiger partial charge in [-0.25, -0.2) is 14.5 Å². The van der Waals surface area contributed by atoms with E-state index in [9.17, 15) is 9.59 Å². The van der Waals surface area contributed by atoms with Crippen LogP contribution in [-0.4, -0.2) is 38.7 Å². The molecule has 0 radical (unpaired) electrons. The highest BCUT2D eigenvalue weighted by atomic mass is 32.1. The smallest absolute Gasteiger partial charge is 0.339 e. The summed E-state index contributed by atoms with van der Waals surface area (Å²) in [6.07, 6.45) is 1.60. The molecule has 1 saturated heterocycles. The zero-order valence-corrected chi connectivity index (χ0v) is 14.4. The third-order valence-corrected chi connectivity index (χ3v) is 5.31. The van der Waals surface area contributed by atoms with E-state index in [0.717, 1.165) is 29.9 Å². The lowest BCUT2D eigenvalue weighted by atomic mass is 9.95. The first-order chi connectivity index (χ1) is 12.2. The highest BCUT2D eigenvalue weighted by molar-refractivity contribution is 7.08. The molecular weight excluding hydrogens is 336 g/mol. The Morgan fingerprint density at radius 2 is 1.92 bits per heavy atom. The minimum Gasteiger partial charge on any atom is -0.339 e. The molecule has 0 saturated carbocycles. The van der Waals surface area contributed by atoms with Crippen LogP contribution in [0, 0.1) is 0 Å². The van der Waals surface area contributed by atoms with Crippen LogP contribution in [0.25, 0.3) is 5.69 Å². The fraction of sp³-hybridized carbons (Fsp3) is 0.278. The molecule has 25 heavy (non-hydrogen) atoms. The summed E-state index contributed by atoms with van der Waals surface area (Å²) in [7, 11) is 0. The van der Waals surface area contributed by atoms with Crippen LogP contribution in [0.1, 0.15) is 34.9 Å². The van der Waals surface area contributed by atoms with Crippen LogP contribution in [0.5, 0.6) is 0 Å². The summed E-state index contributed by atoms with van der Waals surface area (Å²) in [6, 6.07) is 11.4. The van der Waals surface area contributed by atoms with E-state index in [1.807, 2.05) is 52.1 Å². The number of nitrogens with zero attached hydrogens (tertiary/aromatic N) is 3.